The molecule has 0 saturated heterocycles. The molecule has 0 fully saturated rings. The van der Waals surface area contributed by atoms with Crippen LogP contribution < -0.4 is 15.4 Å². The SMILES string of the molecule is CNS(=O)(=O)c1ncc(C(F)(F)F)c(NCCCNC(=O)C2=CCC2)n1. The molecule has 1 heterocycles. The summed E-state index contributed by atoms with van der Waals surface area (Å²) in [6.07, 6.45) is -0.583. The number of carbonyl (C=O) groups is 1. The highest BCUT2D eigenvalue weighted by Crippen LogP contribution is 2.33. The van der Waals surface area contributed by atoms with E-state index in [1.54, 1.807) is 0 Å². The van der Waals surface area contributed by atoms with E-state index in [9.17, 15) is 26.4 Å². The van der Waals surface area contributed by atoms with Crippen LogP contribution in [0.4, 0.5) is 19.0 Å². The van der Waals surface area contributed by atoms with Crippen LogP contribution in [0.25, 0.3) is 0 Å². The number of sulfonamides is 1. The Morgan fingerprint density at radius 1 is 1.31 bits per heavy atom. The van der Waals surface area contributed by atoms with Crippen molar-refractivity contribution in [3.05, 3.63) is 23.4 Å². The van der Waals surface area contributed by atoms with Gasteiger partial charge in [-0.3, -0.25) is 4.79 Å². The average Bonchev–Trinajstić information content (AvgIpc) is 2.51. The van der Waals surface area contributed by atoms with Crippen LogP contribution in [0, 0.1) is 0 Å². The van der Waals surface area contributed by atoms with E-state index >= 15 is 0 Å². The highest BCUT2D eigenvalue weighted by Gasteiger charge is 2.36. The highest BCUT2D eigenvalue weighted by molar-refractivity contribution is 7.89. The van der Waals surface area contributed by atoms with Crippen molar-refractivity contribution >= 4 is 21.7 Å². The zero-order valence-corrected chi connectivity index (χ0v) is 14.7. The summed E-state index contributed by atoms with van der Waals surface area (Å²) in [5, 5.41) is 4.35. The number of hydrogen-bond acceptors (Lipinski definition) is 6. The average molecular weight is 393 g/mol. The van der Waals surface area contributed by atoms with E-state index in [1.807, 2.05) is 10.8 Å². The van der Waals surface area contributed by atoms with Gasteiger partial charge < -0.3 is 10.6 Å². The molecule has 1 aliphatic rings. The van der Waals surface area contributed by atoms with E-state index in [-0.39, 0.29) is 19.0 Å². The molecule has 0 atom stereocenters. The topological polar surface area (TPSA) is 113 Å². The van der Waals surface area contributed by atoms with Gasteiger partial charge in [-0.1, -0.05) is 6.08 Å². The van der Waals surface area contributed by atoms with Gasteiger partial charge in [0.2, 0.25) is 5.91 Å². The van der Waals surface area contributed by atoms with Crippen molar-refractivity contribution in [3.8, 4) is 0 Å². The lowest BCUT2D eigenvalue weighted by Crippen LogP contribution is -2.29. The maximum absolute atomic E-state index is 13.0. The zero-order chi connectivity index (χ0) is 19.4. The molecule has 12 heteroatoms. The van der Waals surface area contributed by atoms with E-state index in [4.69, 9.17) is 0 Å². The van der Waals surface area contributed by atoms with Crippen molar-refractivity contribution in [2.75, 3.05) is 25.5 Å². The molecule has 3 N–H and O–H groups in total. The number of halogens is 3. The van der Waals surface area contributed by atoms with E-state index in [2.05, 4.69) is 20.6 Å². The number of aromatic nitrogens is 2. The van der Waals surface area contributed by atoms with Gasteiger partial charge in [0.25, 0.3) is 15.2 Å². The lowest BCUT2D eigenvalue weighted by atomic mass is 9.98. The van der Waals surface area contributed by atoms with Crippen molar-refractivity contribution in [2.24, 2.45) is 0 Å². The van der Waals surface area contributed by atoms with Crippen LogP contribution in [0.5, 0.6) is 0 Å². The normalized spacial score (nSPS) is 14.4. The quantitative estimate of drug-likeness (QED) is 0.449. The molecule has 1 aromatic heterocycles. The van der Waals surface area contributed by atoms with E-state index in [0.717, 1.165) is 19.9 Å². The van der Waals surface area contributed by atoms with Crippen LogP contribution in [0.2, 0.25) is 0 Å². The van der Waals surface area contributed by atoms with Gasteiger partial charge in [-0.05, 0) is 26.3 Å². The van der Waals surface area contributed by atoms with Gasteiger partial charge in [0.05, 0.1) is 0 Å². The summed E-state index contributed by atoms with van der Waals surface area (Å²) in [7, 11) is -2.98. The fraction of sp³-hybridized carbons (Fsp3) is 0.500. The second-order valence-electron chi connectivity index (χ2n) is 5.42. The Bertz CT molecular complexity index is 809. The Morgan fingerprint density at radius 3 is 2.54 bits per heavy atom. The molecule has 1 aromatic rings. The molecule has 0 radical (unpaired) electrons. The number of nitrogens with zero attached hydrogens (tertiary/aromatic N) is 2. The summed E-state index contributed by atoms with van der Waals surface area (Å²) < 4.78 is 64.3. The fourth-order valence-electron chi connectivity index (χ4n) is 2.03. The number of anilines is 1. The highest BCUT2D eigenvalue weighted by atomic mass is 32.2. The van der Waals surface area contributed by atoms with Gasteiger partial charge >= 0.3 is 6.18 Å². The van der Waals surface area contributed by atoms with Crippen LogP contribution in [0.3, 0.4) is 0 Å². The van der Waals surface area contributed by atoms with Crippen LogP contribution in [-0.2, 0) is 21.0 Å². The smallest absolute Gasteiger partial charge is 0.369 e. The molecule has 8 nitrogen and oxygen atoms in total. The molecule has 1 aliphatic carbocycles. The van der Waals surface area contributed by atoms with Crippen molar-refractivity contribution in [2.45, 2.75) is 30.6 Å². The summed E-state index contributed by atoms with van der Waals surface area (Å²) in [5.74, 6) is -0.814. The van der Waals surface area contributed by atoms with Crippen LogP contribution >= 0.6 is 0 Å². The molecule has 0 saturated carbocycles. The van der Waals surface area contributed by atoms with Crippen molar-refractivity contribution < 1.29 is 26.4 Å². The van der Waals surface area contributed by atoms with Gasteiger partial charge in [-0.15, -0.1) is 0 Å². The van der Waals surface area contributed by atoms with Crippen LogP contribution in [0.1, 0.15) is 24.8 Å². The van der Waals surface area contributed by atoms with Crippen molar-refractivity contribution in [3.63, 3.8) is 0 Å². The summed E-state index contributed by atoms with van der Waals surface area (Å²) >= 11 is 0. The molecular weight excluding hydrogens is 375 g/mol. The Balaban J connectivity index is 2.01. The Labute approximate surface area is 148 Å². The molecule has 2 rings (SSSR count). The second kappa shape index (κ2) is 7.99. The molecule has 0 spiro atoms. The molecule has 144 valence electrons. The third kappa shape index (κ3) is 4.91. The number of nitrogens with one attached hydrogen (secondary N) is 3. The maximum Gasteiger partial charge on any atom is 0.421 e. The molecule has 0 aromatic carbocycles. The van der Waals surface area contributed by atoms with Crippen LogP contribution in [0.15, 0.2) is 23.0 Å². The number of amides is 1. The molecule has 26 heavy (non-hydrogen) atoms. The Hall–Kier alpha value is -2.21. The van der Waals surface area contributed by atoms with Crippen molar-refractivity contribution in [1.29, 1.82) is 0 Å². The molecule has 1 amide bonds. The minimum Gasteiger partial charge on any atom is -0.369 e. The predicted octanol–water partition coefficient (Wildman–Crippen LogP) is 1.04. The van der Waals surface area contributed by atoms with Crippen LogP contribution in [-0.4, -0.2) is 44.4 Å². The molecule has 0 aliphatic heterocycles. The van der Waals surface area contributed by atoms with E-state index in [0.29, 0.717) is 18.2 Å². The minimum absolute atomic E-state index is 0.0540. The Morgan fingerprint density at radius 2 is 2.00 bits per heavy atom. The van der Waals surface area contributed by atoms with Gasteiger partial charge in [-0.2, -0.15) is 18.2 Å². The first-order valence-corrected chi connectivity index (χ1v) is 9.22. The van der Waals surface area contributed by atoms with E-state index < -0.39 is 32.7 Å². The number of allylic oxidation sites excluding steroid dienone is 1. The predicted molar refractivity (Wildman–Crippen MR) is 86.7 cm³/mol. The first kappa shape index (κ1) is 20.1. The number of alkyl halides is 3. The lowest BCUT2D eigenvalue weighted by Gasteiger charge is -2.15. The Kier molecular flexibility index (Phi) is 6.18. The van der Waals surface area contributed by atoms with Gasteiger partial charge in [0, 0.05) is 24.9 Å². The summed E-state index contributed by atoms with van der Waals surface area (Å²) in [4.78, 5) is 18.3. The van der Waals surface area contributed by atoms with Gasteiger partial charge in [-0.25, -0.2) is 18.1 Å². The summed E-state index contributed by atoms with van der Waals surface area (Å²) in [6.45, 7) is 0.315. The summed E-state index contributed by atoms with van der Waals surface area (Å²) in [6, 6.07) is 0. The zero-order valence-electron chi connectivity index (χ0n) is 13.9. The standard InChI is InChI=1S/C14H18F3N5O3S/c1-18-26(24,25)13-21-8-10(14(15,16)17)11(22-13)19-6-3-7-20-12(23)9-4-2-5-9/h4,8,18H,2-3,5-7H2,1H3,(H,20,23)(H,19,21,22). The lowest BCUT2D eigenvalue weighted by molar-refractivity contribution is -0.137. The van der Waals surface area contributed by atoms with Gasteiger partial charge in [0.1, 0.15) is 11.4 Å². The van der Waals surface area contributed by atoms with E-state index in [1.165, 1.54) is 0 Å². The molecule has 0 unspecified atom stereocenters. The van der Waals surface area contributed by atoms with Gasteiger partial charge in [0.15, 0.2) is 0 Å². The monoisotopic (exact) mass is 393 g/mol. The van der Waals surface area contributed by atoms with Crippen molar-refractivity contribution in [1.82, 2.24) is 20.0 Å². The third-order valence-electron chi connectivity index (χ3n) is 3.61. The number of rotatable bonds is 8. The third-order valence-corrected chi connectivity index (χ3v) is 4.82. The maximum atomic E-state index is 13.0. The molecule has 0 bridgehead atoms. The summed E-state index contributed by atoms with van der Waals surface area (Å²) in [5.41, 5.74) is -0.466. The second-order valence-corrected chi connectivity index (χ2v) is 7.20. The fourth-order valence-corrected chi connectivity index (χ4v) is 2.62. The molecular formula is C14H18F3N5O3S. The number of carbonyl (C=O) groups excluding carboxylic acids is 1. The largest absolute Gasteiger partial charge is 0.421 e. The first-order chi connectivity index (χ1) is 12.1. The number of hydrogen-bond donors (Lipinski definition) is 3. The minimum atomic E-state index is -4.74. The first-order valence-electron chi connectivity index (χ1n) is 7.74.